The number of nitrogens with one attached hydrogen (secondary N) is 1. The highest BCUT2D eigenvalue weighted by molar-refractivity contribution is 6.33. The third kappa shape index (κ3) is 17.0. The van der Waals surface area contributed by atoms with Crippen LogP contribution in [-0.4, -0.2) is 28.0 Å². The summed E-state index contributed by atoms with van der Waals surface area (Å²) in [7, 11) is 0. The fourth-order valence-electron chi connectivity index (χ4n) is 2.52. The number of hydrogen-bond acceptors (Lipinski definition) is 4. The van der Waals surface area contributed by atoms with Gasteiger partial charge in [0.1, 0.15) is 30.9 Å². The minimum atomic E-state index is 0. The van der Waals surface area contributed by atoms with Crippen LogP contribution in [0.15, 0.2) is 42.5 Å². The van der Waals surface area contributed by atoms with Crippen molar-refractivity contribution in [3.63, 3.8) is 0 Å². The lowest BCUT2D eigenvalue weighted by molar-refractivity contribution is 0.402. The van der Waals surface area contributed by atoms with Crippen molar-refractivity contribution in [1.29, 1.82) is 0 Å². The van der Waals surface area contributed by atoms with Crippen LogP contribution in [0.1, 0.15) is 30.9 Å². The van der Waals surface area contributed by atoms with E-state index in [0.29, 0.717) is 30.9 Å². The molecule has 4 heterocycles. The van der Waals surface area contributed by atoms with Crippen molar-refractivity contribution >= 4 is 82.0 Å². The second kappa shape index (κ2) is 18.7. The summed E-state index contributed by atoms with van der Waals surface area (Å²) in [5, 5.41) is 5.95. The van der Waals surface area contributed by atoms with E-state index in [1.54, 1.807) is 42.5 Å². The molecule has 188 valence electrons. The van der Waals surface area contributed by atoms with Gasteiger partial charge in [0, 0.05) is 0 Å². The van der Waals surface area contributed by atoms with E-state index in [2.05, 4.69) is 27.2 Å². The summed E-state index contributed by atoms with van der Waals surface area (Å²) in [5.41, 5.74) is 2.06. The maximum atomic E-state index is 5.55. The van der Waals surface area contributed by atoms with Gasteiger partial charge in [-0.05, 0) is 93.2 Å². The molecule has 0 radical (unpaired) electrons. The molecule has 34 heavy (non-hydrogen) atoms. The maximum Gasteiger partial charge on any atom is 0.131 e. The Morgan fingerprint density at radius 2 is 0.971 bits per heavy atom. The summed E-state index contributed by atoms with van der Waals surface area (Å²) in [4.78, 5) is 11.2. The molecular formula is C23H27Cl7N4. The van der Waals surface area contributed by atoms with Crippen LogP contribution in [0.2, 0.25) is 30.9 Å². The monoisotopic (exact) mass is 604 g/mol. The number of aryl methyl sites for hydroxylation is 2. The zero-order valence-corrected chi connectivity index (χ0v) is 24.3. The van der Waals surface area contributed by atoms with Gasteiger partial charge in [-0.15, -0.1) is 12.4 Å². The molecule has 0 aliphatic carbocycles. The third-order valence-corrected chi connectivity index (χ3v) is 5.32. The van der Waals surface area contributed by atoms with Crippen LogP contribution in [0.4, 0.5) is 0 Å². The Morgan fingerprint density at radius 3 is 1.18 bits per heavy atom. The first kappa shape index (κ1) is 33.4. The standard InChI is InChI=1S/2C6H5Cl2N.C6H13N.C5H3Cl2N.ClH/c2*1-4-2-5(7)9-6(8)3-4;1-6-2-4-7-5-3-6;6-4-2-1-3-5(7)8-4;/h2*2-3H,1H3;6-7H,2-5H2,1H3;1-3H;1H. The predicted octanol–water partition coefficient (Wildman–Crippen LogP) is 9.21. The van der Waals surface area contributed by atoms with Crippen LogP contribution in [0, 0.1) is 19.8 Å². The largest absolute Gasteiger partial charge is 0.317 e. The summed E-state index contributed by atoms with van der Waals surface area (Å²) < 4.78 is 0. The van der Waals surface area contributed by atoms with E-state index in [-0.39, 0.29) is 12.4 Å². The molecule has 1 aliphatic heterocycles. The quantitative estimate of drug-likeness (QED) is 0.259. The molecular weight excluding hydrogens is 580 g/mol. The molecule has 0 bridgehead atoms. The van der Waals surface area contributed by atoms with Crippen LogP contribution in [0.3, 0.4) is 0 Å². The Morgan fingerprint density at radius 1 is 0.647 bits per heavy atom. The van der Waals surface area contributed by atoms with Crippen LogP contribution >= 0.6 is 82.0 Å². The van der Waals surface area contributed by atoms with Gasteiger partial charge in [0.15, 0.2) is 0 Å². The van der Waals surface area contributed by atoms with Crippen molar-refractivity contribution in [2.24, 2.45) is 5.92 Å². The van der Waals surface area contributed by atoms with Crippen LogP contribution in [0.5, 0.6) is 0 Å². The van der Waals surface area contributed by atoms with Gasteiger partial charge in [0.2, 0.25) is 0 Å². The number of nitrogens with zero attached hydrogens (tertiary/aromatic N) is 3. The molecule has 0 aromatic carbocycles. The second-order valence-electron chi connectivity index (χ2n) is 7.30. The van der Waals surface area contributed by atoms with Crippen LogP contribution in [0.25, 0.3) is 0 Å². The van der Waals surface area contributed by atoms with E-state index in [9.17, 15) is 0 Å². The van der Waals surface area contributed by atoms with E-state index in [4.69, 9.17) is 69.6 Å². The Bertz CT molecular complexity index is 816. The minimum Gasteiger partial charge on any atom is -0.317 e. The average Bonchev–Trinajstić information content (AvgIpc) is 2.67. The van der Waals surface area contributed by atoms with Crippen molar-refractivity contribution in [3.05, 3.63) is 84.5 Å². The molecule has 1 fully saturated rings. The molecule has 1 saturated heterocycles. The Balaban J connectivity index is 0.000000425. The SMILES string of the molecule is CC1CCNCC1.Cc1cc(Cl)nc(Cl)c1.Cc1cc(Cl)nc(Cl)c1.Cl.Clc1cccc(Cl)n1. The predicted molar refractivity (Wildman–Crippen MR) is 151 cm³/mol. The van der Waals surface area contributed by atoms with Crippen molar-refractivity contribution in [2.75, 3.05) is 13.1 Å². The van der Waals surface area contributed by atoms with Crippen LogP contribution < -0.4 is 5.32 Å². The Kier molecular flexibility index (Phi) is 18.4. The van der Waals surface area contributed by atoms with E-state index in [1.165, 1.54) is 25.9 Å². The highest BCUT2D eigenvalue weighted by Crippen LogP contribution is 2.14. The zero-order chi connectivity index (χ0) is 24.8. The van der Waals surface area contributed by atoms with Gasteiger partial charge in [0.05, 0.1) is 0 Å². The minimum absolute atomic E-state index is 0. The topological polar surface area (TPSA) is 50.7 Å². The third-order valence-electron chi connectivity index (χ3n) is 4.12. The number of pyridine rings is 3. The van der Waals surface area contributed by atoms with Gasteiger partial charge in [-0.2, -0.15) is 0 Å². The maximum absolute atomic E-state index is 5.55. The lowest BCUT2D eigenvalue weighted by Crippen LogP contribution is -2.26. The normalized spacial score (nSPS) is 12.5. The van der Waals surface area contributed by atoms with Crippen molar-refractivity contribution < 1.29 is 0 Å². The molecule has 0 amide bonds. The van der Waals surface area contributed by atoms with Crippen molar-refractivity contribution in [1.82, 2.24) is 20.3 Å². The first-order chi connectivity index (χ1) is 15.5. The molecule has 4 nitrogen and oxygen atoms in total. The van der Waals surface area contributed by atoms with Crippen molar-refractivity contribution in [2.45, 2.75) is 33.6 Å². The Hall–Kier alpha value is -0.560. The highest BCUT2D eigenvalue weighted by atomic mass is 35.5. The van der Waals surface area contributed by atoms with Gasteiger partial charge >= 0.3 is 0 Å². The van der Waals surface area contributed by atoms with E-state index < -0.39 is 0 Å². The molecule has 3 aromatic heterocycles. The summed E-state index contributed by atoms with van der Waals surface area (Å²) in [6.07, 6.45) is 2.75. The molecule has 0 unspecified atom stereocenters. The van der Waals surface area contributed by atoms with Crippen molar-refractivity contribution in [3.8, 4) is 0 Å². The zero-order valence-electron chi connectivity index (χ0n) is 19.0. The summed E-state index contributed by atoms with van der Waals surface area (Å²) in [5.74, 6) is 0.973. The molecule has 11 heteroatoms. The summed E-state index contributed by atoms with van der Waals surface area (Å²) in [6, 6.07) is 12.1. The number of halogens is 7. The fourth-order valence-corrected chi connectivity index (χ4v) is 4.03. The van der Waals surface area contributed by atoms with Gasteiger partial charge < -0.3 is 5.32 Å². The molecule has 0 spiro atoms. The first-order valence-electron chi connectivity index (χ1n) is 10.1. The average molecular weight is 608 g/mol. The molecule has 1 N–H and O–H groups in total. The fraction of sp³-hybridized carbons (Fsp3) is 0.348. The van der Waals surface area contributed by atoms with E-state index >= 15 is 0 Å². The molecule has 3 aromatic rings. The number of aromatic nitrogens is 3. The number of hydrogen-bond donors (Lipinski definition) is 1. The molecule has 4 rings (SSSR count). The lowest BCUT2D eigenvalue weighted by atomic mass is 10.0. The lowest BCUT2D eigenvalue weighted by Gasteiger charge is -2.17. The van der Waals surface area contributed by atoms with E-state index in [0.717, 1.165) is 17.0 Å². The van der Waals surface area contributed by atoms with Gasteiger partial charge in [-0.1, -0.05) is 82.6 Å². The van der Waals surface area contributed by atoms with Gasteiger partial charge in [-0.25, -0.2) is 15.0 Å². The van der Waals surface area contributed by atoms with Gasteiger partial charge in [0.25, 0.3) is 0 Å². The highest BCUT2D eigenvalue weighted by Gasteiger charge is 2.05. The summed E-state index contributed by atoms with van der Waals surface area (Å²) in [6.45, 7) is 8.63. The number of rotatable bonds is 0. The first-order valence-corrected chi connectivity index (χ1v) is 12.4. The second-order valence-corrected chi connectivity index (χ2v) is 9.62. The number of piperidine rings is 1. The van der Waals surface area contributed by atoms with Crippen LogP contribution in [-0.2, 0) is 0 Å². The van der Waals surface area contributed by atoms with E-state index in [1.807, 2.05) is 13.8 Å². The molecule has 0 atom stereocenters. The Labute approximate surface area is 238 Å². The van der Waals surface area contributed by atoms with Gasteiger partial charge in [-0.3, -0.25) is 0 Å². The smallest absolute Gasteiger partial charge is 0.131 e. The summed E-state index contributed by atoms with van der Waals surface area (Å²) >= 11 is 33.1. The molecule has 1 aliphatic rings. The molecule has 0 saturated carbocycles.